The molecule has 8 nitrogen and oxygen atoms in total. The van der Waals surface area contributed by atoms with E-state index < -0.39 is 7.75 Å². The van der Waals surface area contributed by atoms with Crippen LogP contribution in [0.1, 0.15) is 5.69 Å². The van der Waals surface area contributed by atoms with Crippen LogP contribution in [0.25, 0.3) is 0 Å². The van der Waals surface area contributed by atoms with Gasteiger partial charge in [-0.05, 0) is 15.9 Å². The number of aliphatic imine (C=N–C) groups is 1. The summed E-state index contributed by atoms with van der Waals surface area (Å²) >= 11 is 4.97. The third-order valence-corrected chi connectivity index (χ3v) is 4.10. The maximum absolute atomic E-state index is 10.7. The Morgan fingerprint density at radius 2 is 2.42 bits per heavy atom. The first-order chi connectivity index (χ1) is 8.92. The molecule has 0 aliphatic heterocycles. The van der Waals surface area contributed by atoms with Gasteiger partial charge in [-0.2, -0.15) is 11.8 Å². The molecule has 0 aliphatic rings. The van der Waals surface area contributed by atoms with Crippen molar-refractivity contribution < 1.29 is 14.4 Å². The number of halogens is 1. The number of aromatic amines is 1. The second kappa shape index (κ2) is 7.91. The van der Waals surface area contributed by atoms with Gasteiger partial charge in [-0.25, -0.2) is 9.55 Å². The summed E-state index contributed by atoms with van der Waals surface area (Å²) in [6.07, 6.45) is 1.62. The third kappa shape index (κ3) is 6.98. The van der Waals surface area contributed by atoms with E-state index in [1.165, 1.54) is 7.05 Å². The number of nitrogens with one attached hydrogen (secondary N) is 3. The van der Waals surface area contributed by atoms with E-state index in [0.29, 0.717) is 6.54 Å². The number of hydrogen-bond donors (Lipinski definition) is 5. The molecule has 108 valence electrons. The fourth-order valence-corrected chi connectivity index (χ4v) is 2.94. The molecule has 1 aromatic heterocycles. The number of aromatic nitrogens is 2. The fraction of sp³-hybridized carbons (Fsp3) is 0.500. The van der Waals surface area contributed by atoms with Crippen molar-refractivity contribution in [3.63, 3.8) is 0 Å². The van der Waals surface area contributed by atoms with Gasteiger partial charge < -0.3 is 20.1 Å². The molecule has 0 bridgehead atoms. The predicted octanol–water partition coefficient (Wildman–Crippen LogP) is 0.663. The van der Waals surface area contributed by atoms with Crippen molar-refractivity contribution in [2.45, 2.75) is 5.75 Å². The van der Waals surface area contributed by atoms with Crippen LogP contribution in [0.3, 0.4) is 0 Å². The standard InChI is InChI=1S/C8H15BrN5O3PS/c1-10-8(14-18(15,16)17)11-2-3-19-4-6-7(9)13-5-12-6/h5H,2-4H2,1H3,(H,12,13)(H4,10,11,14,15,16,17). The van der Waals surface area contributed by atoms with E-state index in [1.807, 2.05) is 5.09 Å². The fourth-order valence-electron chi connectivity index (χ4n) is 1.13. The van der Waals surface area contributed by atoms with Gasteiger partial charge in [0.05, 0.1) is 12.0 Å². The molecule has 1 aromatic rings. The van der Waals surface area contributed by atoms with Crippen molar-refractivity contribution >= 4 is 41.4 Å². The van der Waals surface area contributed by atoms with Gasteiger partial charge in [0.25, 0.3) is 0 Å². The highest BCUT2D eigenvalue weighted by Gasteiger charge is 2.14. The Bertz CT molecular complexity index is 477. The minimum atomic E-state index is -4.31. The van der Waals surface area contributed by atoms with Crippen molar-refractivity contribution in [2.24, 2.45) is 4.99 Å². The molecule has 0 radical (unpaired) electrons. The van der Waals surface area contributed by atoms with E-state index in [0.717, 1.165) is 21.8 Å². The summed E-state index contributed by atoms with van der Waals surface area (Å²) in [7, 11) is -2.87. The van der Waals surface area contributed by atoms with Gasteiger partial charge in [-0.15, -0.1) is 0 Å². The van der Waals surface area contributed by atoms with Gasteiger partial charge in [0.15, 0.2) is 5.96 Å². The molecule has 0 saturated carbocycles. The van der Waals surface area contributed by atoms with Crippen LogP contribution in [0.15, 0.2) is 15.9 Å². The largest absolute Gasteiger partial charge is 0.429 e. The maximum atomic E-state index is 10.7. The van der Waals surface area contributed by atoms with E-state index >= 15 is 0 Å². The van der Waals surface area contributed by atoms with Crippen molar-refractivity contribution in [1.29, 1.82) is 0 Å². The third-order valence-electron chi connectivity index (χ3n) is 1.93. The van der Waals surface area contributed by atoms with Crippen molar-refractivity contribution in [2.75, 3.05) is 19.3 Å². The van der Waals surface area contributed by atoms with Gasteiger partial charge in [-0.3, -0.25) is 10.1 Å². The zero-order chi connectivity index (χ0) is 14.3. The molecule has 1 rings (SSSR count). The Kier molecular flexibility index (Phi) is 6.87. The maximum Gasteiger partial charge on any atom is 0.429 e. The molecule has 0 fully saturated rings. The van der Waals surface area contributed by atoms with Gasteiger partial charge in [0, 0.05) is 25.1 Å². The molecule has 0 aliphatic carbocycles. The van der Waals surface area contributed by atoms with E-state index in [9.17, 15) is 4.57 Å². The van der Waals surface area contributed by atoms with Gasteiger partial charge in [0.1, 0.15) is 4.60 Å². The Labute approximate surface area is 123 Å². The van der Waals surface area contributed by atoms with Crippen molar-refractivity contribution in [3.8, 4) is 0 Å². The summed E-state index contributed by atoms with van der Waals surface area (Å²) < 4.78 is 11.5. The minimum absolute atomic E-state index is 0.0802. The first-order valence-electron chi connectivity index (χ1n) is 5.22. The first kappa shape index (κ1) is 16.5. The summed E-state index contributed by atoms with van der Waals surface area (Å²) in [6.45, 7) is 0.538. The lowest BCUT2D eigenvalue weighted by Gasteiger charge is -2.12. The van der Waals surface area contributed by atoms with E-state index in [1.54, 1.807) is 18.1 Å². The quantitative estimate of drug-likeness (QED) is 0.215. The number of thioether (sulfide) groups is 1. The summed E-state index contributed by atoms with van der Waals surface area (Å²) in [4.78, 5) is 28.2. The van der Waals surface area contributed by atoms with Gasteiger partial charge in [-0.1, -0.05) is 0 Å². The molecule has 0 amide bonds. The van der Waals surface area contributed by atoms with Crippen LogP contribution in [-0.2, 0) is 10.3 Å². The zero-order valence-corrected chi connectivity index (χ0v) is 13.4. The molecule has 19 heavy (non-hydrogen) atoms. The first-order valence-corrected chi connectivity index (χ1v) is 8.78. The topological polar surface area (TPSA) is 123 Å². The summed E-state index contributed by atoms with van der Waals surface area (Å²) in [5.74, 6) is 1.61. The lowest BCUT2D eigenvalue weighted by molar-refractivity contribution is 0.366. The minimum Gasteiger partial charge on any atom is -0.355 e. The number of imidazole rings is 1. The van der Waals surface area contributed by atoms with Crippen LogP contribution in [0.4, 0.5) is 0 Å². The van der Waals surface area contributed by atoms with Gasteiger partial charge >= 0.3 is 7.75 Å². The number of H-pyrrole nitrogens is 1. The summed E-state index contributed by atoms with van der Waals surface area (Å²) in [5, 5.41) is 4.80. The molecule has 11 heteroatoms. The second-order valence-electron chi connectivity index (χ2n) is 3.38. The normalized spacial score (nSPS) is 12.5. The SMILES string of the molecule is CN=C(NCCSCc1[nH]cnc1Br)NP(=O)(O)O. The summed E-state index contributed by atoms with van der Waals surface area (Å²) in [5.41, 5.74) is 1.00. The highest BCUT2D eigenvalue weighted by molar-refractivity contribution is 9.10. The highest BCUT2D eigenvalue weighted by Crippen LogP contribution is 2.27. The van der Waals surface area contributed by atoms with Crippen LogP contribution in [0.5, 0.6) is 0 Å². The molecule has 0 spiro atoms. The number of guanidine groups is 1. The van der Waals surface area contributed by atoms with Crippen LogP contribution in [0, 0.1) is 0 Å². The number of hydrogen-bond acceptors (Lipinski definition) is 4. The highest BCUT2D eigenvalue weighted by atomic mass is 79.9. The molecule has 0 aromatic carbocycles. The van der Waals surface area contributed by atoms with Crippen LogP contribution < -0.4 is 10.4 Å². The van der Waals surface area contributed by atoms with E-state index in [-0.39, 0.29) is 5.96 Å². The van der Waals surface area contributed by atoms with Crippen molar-refractivity contribution in [1.82, 2.24) is 20.4 Å². The second-order valence-corrected chi connectivity index (χ2v) is 6.55. The monoisotopic (exact) mass is 371 g/mol. The number of rotatable bonds is 6. The zero-order valence-electron chi connectivity index (χ0n) is 10.1. The van der Waals surface area contributed by atoms with Crippen molar-refractivity contribution in [3.05, 3.63) is 16.6 Å². The molecule has 1 heterocycles. The summed E-state index contributed by atoms with van der Waals surface area (Å²) in [6, 6.07) is 0. The molecule has 0 atom stereocenters. The lowest BCUT2D eigenvalue weighted by Crippen LogP contribution is -2.36. The average Bonchev–Trinajstić information content (AvgIpc) is 2.71. The Morgan fingerprint density at radius 3 is 2.95 bits per heavy atom. The van der Waals surface area contributed by atoms with Crippen LogP contribution in [-0.4, -0.2) is 45.1 Å². The van der Waals surface area contributed by atoms with Crippen LogP contribution >= 0.6 is 35.4 Å². The molecule has 0 unspecified atom stereocenters. The van der Waals surface area contributed by atoms with Crippen LogP contribution in [0.2, 0.25) is 0 Å². The van der Waals surface area contributed by atoms with E-state index in [2.05, 4.69) is 36.2 Å². The number of nitrogens with zero attached hydrogens (tertiary/aromatic N) is 2. The molecule has 5 N–H and O–H groups in total. The molecular weight excluding hydrogens is 357 g/mol. The smallest absolute Gasteiger partial charge is 0.355 e. The predicted molar refractivity (Wildman–Crippen MR) is 79.0 cm³/mol. The lowest BCUT2D eigenvalue weighted by atomic mass is 10.6. The van der Waals surface area contributed by atoms with E-state index in [4.69, 9.17) is 9.79 Å². The Morgan fingerprint density at radius 1 is 1.68 bits per heavy atom. The molecule has 0 saturated heterocycles. The van der Waals surface area contributed by atoms with Gasteiger partial charge in [0.2, 0.25) is 0 Å². The Balaban J connectivity index is 2.20. The molecular formula is C8H15BrN5O3PS. The Hall–Kier alpha value is -0.540. The average molecular weight is 372 g/mol.